The van der Waals surface area contributed by atoms with Gasteiger partial charge in [-0.05, 0) is 36.0 Å². The highest BCUT2D eigenvalue weighted by Crippen LogP contribution is 2.21. The molecule has 5 nitrogen and oxygen atoms in total. The molecule has 1 aromatic carbocycles. The standard InChI is InChI=1S/C20H32N4O.HI/c1-14(2)19(25)23-18-8-6-17(7-9-18)11-22-20(21-5)24-12-15(3)10-16(4)13-24;/h6-9,14-16H,10-13H2,1-5H3,(H,21,22)(H,23,25);1H. The third-order valence-electron chi connectivity index (χ3n) is 4.58. The summed E-state index contributed by atoms with van der Waals surface area (Å²) in [7, 11) is 1.84. The Hall–Kier alpha value is -1.31. The molecule has 2 rings (SSSR count). The second-order valence-electron chi connectivity index (χ2n) is 7.59. The normalized spacial score (nSPS) is 20.5. The zero-order valence-electron chi connectivity index (χ0n) is 16.6. The first-order valence-corrected chi connectivity index (χ1v) is 9.24. The van der Waals surface area contributed by atoms with Gasteiger partial charge in [-0.1, -0.05) is 39.8 Å². The molecule has 0 aromatic heterocycles. The molecule has 2 atom stereocenters. The van der Waals surface area contributed by atoms with E-state index in [2.05, 4.69) is 34.4 Å². The van der Waals surface area contributed by atoms with E-state index in [9.17, 15) is 4.79 Å². The summed E-state index contributed by atoms with van der Waals surface area (Å²) in [5, 5.41) is 6.38. The van der Waals surface area contributed by atoms with Crippen molar-refractivity contribution in [1.82, 2.24) is 10.2 Å². The third-order valence-corrected chi connectivity index (χ3v) is 4.58. The Bertz CT molecular complexity index is 590. The zero-order chi connectivity index (χ0) is 18.4. The first-order valence-electron chi connectivity index (χ1n) is 9.24. The second-order valence-corrected chi connectivity index (χ2v) is 7.59. The highest BCUT2D eigenvalue weighted by atomic mass is 127. The largest absolute Gasteiger partial charge is 0.352 e. The monoisotopic (exact) mass is 472 g/mol. The van der Waals surface area contributed by atoms with E-state index >= 15 is 0 Å². The molecule has 0 spiro atoms. The molecule has 0 saturated carbocycles. The maximum absolute atomic E-state index is 11.7. The Balaban J connectivity index is 0.00000338. The number of amides is 1. The Morgan fingerprint density at radius 1 is 1.19 bits per heavy atom. The molecule has 1 heterocycles. The van der Waals surface area contributed by atoms with E-state index in [-0.39, 0.29) is 35.8 Å². The minimum Gasteiger partial charge on any atom is -0.352 e. The summed E-state index contributed by atoms with van der Waals surface area (Å²) in [6, 6.07) is 7.98. The number of likely N-dealkylation sites (tertiary alicyclic amines) is 1. The SMILES string of the molecule is CN=C(NCc1ccc(NC(=O)C(C)C)cc1)N1CC(C)CC(C)C1.I. The fourth-order valence-electron chi connectivity index (χ4n) is 3.34. The van der Waals surface area contributed by atoms with Crippen molar-refractivity contribution in [2.45, 2.75) is 40.7 Å². The molecule has 1 amide bonds. The molecule has 1 aliphatic heterocycles. The van der Waals surface area contributed by atoms with Crippen LogP contribution in [0.4, 0.5) is 5.69 Å². The number of anilines is 1. The topological polar surface area (TPSA) is 56.7 Å². The number of carbonyl (C=O) groups is 1. The molecule has 0 aliphatic carbocycles. The molecule has 26 heavy (non-hydrogen) atoms. The minimum atomic E-state index is -0.0148. The predicted octanol–water partition coefficient (Wildman–Crippen LogP) is 3.95. The Morgan fingerprint density at radius 2 is 1.77 bits per heavy atom. The van der Waals surface area contributed by atoms with Crippen LogP contribution in [0.2, 0.25) is 0 Å². The van der Waals surface area contributed by atoms with E-state index in [0.717, 1.165) is 31.3 Å². The molecular formula is C20H33IN4O. The minimum absolute atomic E-state index is 0. The van der Waals surface area contributed by atoms with Gasteiger partial charge in [0.25, 0.3) is 0 Å². The van der Waals surface area contributed by atoms with E-state index in [1.54, 1.807) is 0 Å². The van der Waals surface area contributed by atoms with Crippen LogP contribution in [0.25, 0.3) is 0 Å². The van der Waals surface area contributed by atoms with Gasteiger partial charge in [0.05, 0.1) is 0 Å². The maximum Gasteiger partial charge on any atom is 0.226 e. The van der Waals surface area contributed by atoms with Gasteiger partial charge < -0.3 is 15.5 Å². The van der Waals surface area contributed by atoms with Gasteiger partial charge in [-0.15, -0.1) is 24.0 Å². The lowest BCUT2D eigenvalue weighted by molar-refractivity contribution is -0.118. The Kier molecular flexibility index (Phi) is 9.39. The van der Waals surface area contributed by atoms with E-state index in [0.29, 0.717) is 11.8 Å². The van der Waals surface area contributed by atoms with Crippen molar-refractivity contribution in [3.8, 4) is 0 Å². The molecule has 1 aliphatic rings. The van der Waals surface area contributed by atoms with Crippen LogP contribution in [0.5, 0.6) is 0 Å². The molecule has 0 radical (unpaired) electrons. The molecule has 1 aromatic rings. The summed E-state index contributed by atoms with van der Waals surface area (Å²) < 4.78 is 0. The van der Waals surface area contributed by atoms with Crippen LogP contribution in [-0.2, 0) is 11.3 Å². The number of piperidine rings is 1. The number of aliphatic imine (C=N–C) groups is 1. The number of benzene rings is 1. The number of nitrogens with zero attached hydrogens (tertiary/aromatic N) is 2. The van der Waals surface area contributed by atoms with Gasteiger partial charge >= 0.3 is 0 Å². The number of hydrogen-bond acceptors (Lipinski definition) is 2. The molecule has 2 N–H and O–H groups in total. The predicted molar refractivity (Wildman–Crippen MR) is 120 cm³/mol. The van der Waals surface area contributed by atoms with Crippen molar-refractivity contribution in [2.75, 3.05) is 25.5 Å². The molecular weight excluding hydrogens is 439 g/mol. The third kappa shape index (κ3) is 6.78. The lowest BCUT2D eigenvalue weighted by Crippen LogP contribution is -2.48. The van der Waals surface area contributed by atoms with Gasteiger partial charge in [-0.2, -0.15) is 0 Å². The van der Waals surface area contributed by atoms with Gasteiger partial charge in [-0.25, -0.2) is 0 Å². The average molecular weight is 472 g/mol. The van der Waals surface area contributed by atoms with Crippen LogP contribution < -0.4 is 10.6 Å². The van der Waals surface area contributed by atoms with Crippen molar-refractivity contribution in [1.29, 1.82) is 0 Å². The number of carbonyl (C=O) groups excluding carboxylic acids is 1. The summed E-state index contributed by atoms with van der Waals surface area (Å²) in [6.45, 7) is 11.2. The number of nitrogens with one attached hydrogen (secondary N) is 2. The summed E-state index contributed by atoms with van der Waals surface area (Å²) >= 11 is 0. The summed E-state index contributed by atoms with van der Waals surface area (Å²) in [6.07, 6.45) is 1.29. The molecule has 146 valence electrons. The Morgan fingerprint density at radius 3 is 2.27 bits per heavy atom. The lowest BCUT2D eigenvalue weighted by atomic mass is 9.92. The number of rotatable bonds is 4. The fourth-order valence-corrected chi connectivity index (χ4v) is 3.34. The number of hydrogen-bond donors (Lipinski definition) is 2. The summed E-state index contributed by atoms with van der Waals surface area (Å²) in [5.41, 5.74) is 2.01. The maximum atomic E-state index is 11.7. The van der Waals surface area contributed by atoms with Crippen molar-refractivity contribution >= 4 is 41.5 Å². The van der Waals surface area contributed by atoms with E-state index in [1.165, 1.54) is 12.0 Å². The molecule has 1 fully saturated rings. The molecule has 6 heteroatoms. The molecule has 2 unspecified atom stereocenters. The van der Waals surface area contributed by atoms with Crippen molar-refractivity contribution < 1.29 is 4.79 Å². The first-order chi connectivity index (χ1) is 11.9. The van der Waals surface area contributed by atoms with Gasteiger partial charge in [0.2, 0.25) is 5.91 Å². The van der Waals surface area contributed by atoms with E-state index in [4.69, 9.17) is 0 Å². The van der Waals surface area contributed by atoms with Gasteiger partial charge in [-0.3, -0.25) is 9.79 Å². The average Bonchev–Trinajstić information content (AvgIpc) is 2.56. The smallest absolute Gasteiger partial charge is 0.226 e. The first kappa shape index (κ1) is 22.7. The van der Waals surface area contributed by atoms with Crippen molar-refractivity contribution in [3.63, 3.8) is 0 Å². The number of halogens is 1. The lowest BCUT2D eigenvalue weighted by Gasteiger charge is -2.37. The number of guanidine groups is 1. The van der Waals surface area contributed by atoms with Gasteiger partial charge in [0.15, 0.2) is 5.96 Å². The van der Waals surface area contributed by atoms with Crippen molar-refractivity contribution in [3.05, 3.63) is 29.8 Å². The summed E-state index contributed by atoms with van der Waals surface area (Å²) in [5.74, 6) is 2.39. The summed E-state index contributed by atoms with van der Waals surface area (Å²) in [4.78, 5) is 18.5. The van der Waals surface area contributed by atoms with E-state index in [1.807, 2.05) is 45.2 Å². The van der Waals surface area contributed by atoms with Crippen LogP contribution >= 0.6 is 24.0 Å². The molecule has 1 saturated heterocycles. The highest BCUT2D eigenvalue weighted by Gasteiger charge is 2.23. The highest BCUT2D eigenvalue weighted by molar-refractivity contribution is 14.0. The van der Waals surface area contributed by atoms with Gasteiger partial charge in [0, 0.05) is 38.3 Å². The van der Waals surface area contributed by atoms with Crippen molar-refractivity contribution in [2.24, 2.45) is 22.7 Å². The second kappa shape index (κ2) is 10.7. The van der Waals surface area contributed by atoms with Crippen LogP contribution in [-0.4, -0.2) is 36.9 Å². The van der Waals surface area contributed by atoms with Crippen LogP contribution in [0.3, 0.4) is 0 Å². The van der Waals surface area contributed by atoms with Gasteiger partial charge in [0.1, 0.15) is 0 Å². The van der Waals surface area contributed by atoms with Crippen LogP contribution in [0.15, 0.2) is 29.3 Å². The van der Waals surface area contributed by atoms with Crippen LogP contribution in [0.1, 0.15) is 39.7 Å². The van der Waals surface area contributed by atoms with Crippen LogP contribution in [0, 0.1) is 17.8 Å². The zero-order valence-corrected chi connectivity index (χ0v) is 18.9. The van der Waals surface area contributed by atoms with E-state index < -0.39 is 0 Å². The molecule has 0 bridgehead atoms. The quantitative estimate of drug-likeness (QED) is 0.397. The Labute approximate surface area is 175 Å². The fraction of sp³-hybridized carbons (Fsp3) is 0.600.